The summed E-state index contributed by atoms with van der Waals surface area (Å²) in [5, 5.41) is 7.02. The van der Waals surface area contributed by atoms with Crippen LogP contribution in [0.15, 0.2) is 36.5 Å². The van der Waals surface area contributed by atoms with E-state index in [0.717, 1.165) is 11.3 Å². The lowest BCUT2D eigenvalue weighted by Crippen LogP contribution is -2.23. The average Bonchev–Trinajstić information content (AvgIpc) is 2.89. The van der Waals surface area contributed by atoms with Crippen LogP contribution in [0.2, 0.25) is 0 Å². The predicted molar refractivity (Wildman–Crippen MR) is 76.8 cm³/mol. The van der Waals surface area contributed by atoms with Crippen LogP contribution in [0.25, 0.3) is 0 Å². The second-order valence-corrected chi connectivity index (χ2v) is 4.25. The van der Waals surface area contributed by atoms with Gasteiger partial charge in [-0.25, -0.2) is 0 Å². The summed E-state index contributed by atoms with van der Waals surface area (Å²) in [6.45, 7) is 0.737. The van der Waals surface area contributed by atoms with E-state index in [1.54, 1.807) is 28.9 Å². The minimum Gasteiger partial charge on any atom is -0.346 e. The molecule has 2 aromatic rings. The number of rotatable bonds is 3. The summed E-state index contributed by atoms with van der Waals surface area (Å²) in [5.74, 6) is 5.55. The number of hydrogen-bond donors (Lipinski definition) is 2. The first kappa shape index (κ1) is 13.8. The zero-order valence-corrected chi connectivity index (χ0v) is 11.3. The number of aryl methyl sites for hydroxylation is 1. The fourth-order valence-electron chi connectivity index (χ4n) is 1.69. The summed E-state index contributed by atoms with van der Waals surface area (Å²) in [4.78, 5) is 11.9. The predicted octanol–water partition coefficient (Wildman–Crippen LogP) is 0.660. The van der Waals surface area contributed by atoms with E-state index < -0.39 is 0 Å². The molecule has 1 aromatic carbocycles. The molecule has 0 fully saturated rings. The van der Waals surface area contributed by atoms with Crippen molar-refractivity contribution in [2.24, 2.45) is 12.8 Å². The van der Waals surface area contributed by atoms with Crippen LogP contribution in [0.4, 0.5) is 0 Å². The van der Waals surface area contributed by atoms with Gasteiger partial charge in [0.25, 0.3) is 5.91 Å². The molecular weight excluding hydrogens is 252 g/mol. The molecular formula is C15H16N4O. The van der Waals surface area contributed by atoms with Gasteiger partial charge in [-0.15, -0.1) is 0 Å². The highest BCUT2D eigenvalue weighted by atomic mass is 16.1. The third-order valence-corrected chi connectivity index (χ3v) is 2.68. The fraction of sp³-hybridized carbons (Fsp3) is 0.200. The summed E-state index contributed by atoms with van der Waals surface area (Å²) in [5.41, 5.74) is 7.57. The quantitative estimate of drug-likeness (QED) is 0.803. The first-order valence-electron chi connectivity index (χ1n) is 6.25. The van der Waals surface area contributed by atoms with Crippen molar-refractivity contribution in [3.8, 4) is 11.8 Å². The van der Waals surface area contributed by atoms with Crippen molar-refractivity contribution in [2.45, 2.75) is 6.54 Å². The van der Waals surface area contributed by atoms with E-state index in [1.165, 1.54) is 0 Å². The molecule has 0 saturated carbocycles. The lowest BCUT2D eigenvalue weighted by atomic mass is 10.1. The fourth-order valence-corrected chi connectivity index (χ4v) is 1.69. The Hall–Kier alpha value is -2.58. The van der Waals surface area contributed by atoms with E-state index >= 15 is 0 Å². The number of nitrogens with two attached hydrogens (primary N) is 1. The first-order valence-corrected chi connectivity index (χ1v) is 6.25. The Balaban J connectivity index is 1.95. The van der Waals surface area contributed by atoms with Crippen LogP contribution in [-0.2, 0) is 13.6 Å². The molecule has 0 unspecified atom stereocenters. The Kier molecular flexibility index (Phi) is 4.53. The third-order valence-electron chi connectivity index (χ3n) is 2.68. The van der Waals surface area contributed by atoms with Crippen LogP contribution in [0.3, 0.4) is 0 Å². The van der Waals surface area contributed by atoms with Crippen LogP contribution >= 0.6 is 0 Å². The monoisotopic (exact) mass is 268 g/mol. The highest BCUT2D eigenvalue weighted by molar-refractivity contribution is 5.94. The lowest BCUT2D eigenvalue weighted by molar-refractivity contribution is 0.0950. The molecule has 5 nitrogen and oxygen atoms in total. The molecule has 0 aliphatic heterocycles. The highest BCUT2D eigenvalue weighted by Crippen LogP contribution is 2.04. The van der Waals surface area contributed by atoms with Crippen molar-refractivity contribution in [1.82, 2.24) is 15.1 Å². The number of carbonyl (C=O) groups excluding carboxylic acids is 1. The van der Waals surface area contributed by atoms with Gasteiger partial charge in [0.2, 0.25) is 0 Å². The Bertz CT molecular complexity index is 647. The zero-order chi connectivity index (χ0) is 14.4. The van der Waals surface area contributed by atoms with Gasteiger partial charge in [0, 0.05) is 24.4 Å². The maximum absolute atomic E-state index is 11.9. The number of nitrogens with zero attached hydrogens (tertiary/aromatic N) is 2. The van der Waals surface area contributed by atoms with Gasteiger partial charge in [0.15, 0.2) is 0 Å². The van der Waals surface area contributed by atoms with E-state index in [9.17, 15) is 4.79 Å². The van der Waals surface area contributed by atoms with Crippen molar-refractivity contribution in [3.63, 3.8) is 0 Å². The summed E-state index contributed by atoms with van der Waals surface area (Å²) in [6, 6.07) is 8.96. The number of carbonyl (C=O) groups is 1. The molecule has 0 spiro atoms. The van der Waals surface area contributed by atoms with Crippen molar-refractivity contribution in [3.05, 3.63) is 53.3 Å². The van der Waals surface area contributed by atoms with Crippen molar-refractivity contribution >= 4 is 5.91 Å². The smallest absolute Gasteiger partial charge is 0.251 e. The summed E-state index contributed by atoms with van der Waals surface area (Å²) in [6.07, 6.45) is 1.84. The standard InChI is InChI=1S/C15H16N4O/c1-19-10-8-14(18-19)11-17-15(20)13-6-4-12(5-7-13)3-2-9-16/h4-8,10H,9,11,16H2,1H3,(H,17,20). The zero-order valence-electron chi connectivity index (χ0n) is 11.3. The molecule has 0 aliphatic carbocycles. The molecule has 0 saturated heterocycles. The molecule has 102 valence electrons. The second kappa shape index (κ2) is 6.55. The largest absolute Gasteiger partial charge is 0.346 e. The van der Waals surface area contributed by atoms with Crippen LogP contribution in [-0.4, -0.2) is 22.2 Å². The SMILES string of the molecule is Cn1ccc(CNC(=O)c2ccc(C#CCN)cc2)n1. The maximum atomic E-state index is 11.9. The normalized spacial score (nSPS) is 9.70. The van der Waals surface area contributed by atoms with E-state index in [-0.39, 0.29) is 5.91 Å². The summed E-state index contributed by atoms with van der Waals surface area (Å²) in [7, 11) is 1.84. The van der Waals surface area contributed by atoms with Gasteiger partial charge in [0.1, 0.15) is 0 Å². The molecule has 1 heterocycles. The van der Waals surface area contributed by atoms with E-state index in [4.69, 9.17) is 5.73 Å². The van der Waals surface area contributed by atoms with Gasteiger partial charge in [-0.3, -0.25) is 9.48 Å². The minimum atomic E-state index is -0.131. The minimum absolute atomic E-state index is 0.131. The number of amides is 1. The molecule has 5 heteroatoms. The molecule has 1 amide bonds. The third kappa shape index (κ3) is 3.70. The van der Waals surface area contributed by atoms with Gasteiger partial charge >= 0.3 is 0 Å². The molecule has 20 heavy (non-hydrogen) atoms. The van der Waals surface area contributed by atoms with Crippen LogP contribution in [0.1, 0.15) is 21.6 Å². The Morgan fingerprint density at radius 2 is 2.10 bits per heavy atom. The van der Waals surface area contributed by atoms with Crippen LogP contribution in [0.5, 0.6) is 0 Å². The molecule has 2 rings (SSSR count). The van der Waals surface area contributed by atoms with E-state index in [1.807, 2.05) is 19.3 Å². The van der Waals surface area contributed by atoms with Crippen LogP contribution < -0.4 is 11.1 Å². The van der Waals surface area contributed by atoms with Gasteiger partial charge in [-0.2, -0.15) is 5.10 Å². The molecule has 0 radical (unpaired) electrons. The van der Waals surface area contributed by atoms with Gasteiger partial charge in [0.05, 0.1) is 18.8 Å². The molecule has 3 N–H and O–H groups in total. The Labute approximate surface area is 117 Å². The second-order valence-electron chi connectivity index (χ2n) is 4.25. The van der Waals surface area contributed by atoms with E-state index in [0.29, 0.717) is 18.7 Å². The maximum Gasteiger partial charge on any atom is 0.251 e. The molecule has 1 aromatic heterocycles. The summed E-state index contributed by atoms with van der Waals surface area (Å²) >= 11 is 0. The first-order chi connectivity index (χ1) is 9.69. The van der Waals surface area contributed by atoms with Gasteiger partial charge < -0.3 is 11.1 Å². The molecule has 0 aliphatic rings. The molecule has 0 atom stereocenters. The van der Waals surface area contributed by atoms with Crippen LogP contribution in [0, 0.1) is 11.8 Å². The highest BCUT2D eigenvalue weighted by Gasteiger charge is 2.05. The van der Waals surface area contributed by atoms with Crippen molar-refractivity contribution in [1.29, 1.82) is 0 Å². The van der Waals surface area contributed by atoms with E-state index in [2.05, 4.69) is 22.3 Å². The van der Waals surface area contributed by atoms with Gasteiger partial charge in [-0.05, 0) is 30.3 Å². The molecule has 0 bridgehead atoms. The number of hydrogen-bond acceptors (Lipinski definition) is 3. The van der Waals surface area contributed by atoms with Crippen molar-refractivity contribution in [2.75, 3.05) is 6.54 Å². The average molecular weight is 268 g/mol. The number of aromatic nitrogens is 2. The lowest BCUT2D eigenvalue weighted by Gasteiger charge is -2.03. The Morgan fingerprint density at radius 1 is 1.35 bits per heavy atom. The van der Waals surface area contributed by atoms with Crippen molar-refractivity contribution < 1.29 is 4.79 Å². The summed E-state index contributed by atoms with van der Waals surface area (Å²) < 4.78 is 1.70. The number of nitrogens with one attached hydrogen (secondary N) is 1. The number of benzene rings is 1. The Morgan fingerprint density at radius 3 is 2.70 bits per heavy atom. The van der Waals surface area contributed by atoms with Gasteiger partial charge in [-0.1, -0.05) is 11.8 Å². The topological polar surface area (TPSA) is 72.9 Å².